The number of piperazine rings is 1. The van der Waals surface area contributed by atoms with Gasteiger partial charge in [0.05, 0.1) is 0 Å². The standard InChI is InChI=1S/C14H15BrN2O2/c15-11-2-1-10(9-18)13(7-11)16-5-6-17-12(8-16)3-4-14(17)19/h1-2,7,9,12H,3-6,8H2. The number of anilines is 1. The van der Waals surface area contributed by atoms with E-state index in [-0.39, 0.29) is 5.91 Å². The second kappa shape index (κ2) is 4.96. The van der Waals surface area contributed by atoms with Gasteiger partial charge in [0.15, 0.2) is 6.29 Å². The molecule has 0 bridgehead atoms. The molecule has 0 N–H and O–H groups in total. The van der Waals surface area contributed by atoms with Gasteiger partial charge in [-0.05, 0) is 24.6 Å². The van der Waals surface area contributed by atoms with E-state index in [2.05, 4.69) is 20.8 Å². The van der Waals surface area contributed by atoms with Crippen LogP contribution >= 0.6 is 15.9 Å². The molecule has 3 rings (SSSR count). The SMILES string of the molecule is O=Cc1ccc(Br)cc1N1CCN2C(=O)CCC2C1. The number of amides is 1. The molecule has 0 spiro atoms. The van der Waals surface area contributed by atoms with Gasteiger partial charge in [0.25, 0.3) is 0 Å². The number of benzene rings is 1. The molecule has 2 saturated heterocycles. The Kier molecular flexibility index (Phi) is 3.31. The van der Waals surface area contributed by atoms with Crippen molar-refractivity contribution >= 4 is 33.8 Å². The molecule has 2 fully saturated rings. The quantitative estimate of drug-likeness (QED) is 0.783. The first-order valence-corrected chi connectivity index (χ1v) is 7.27. The van der Waals surface area contributed by atoms with Gasteiger partial charge in [0, 0.05) is 47.8 Å². The van der Waals surface area contributed by atoms with Crippen LogP contribution in [0.25, 0.3) is 0 Å². The van der Waals surface area contributed by atoms with Crippen LogP contribution in [0.1, 0.15) is 23.2 Å². The highest BCUT2D eigenvalue weighted by Crippen LogP contribution is 2.29. The number of halogens is 1. The zero-order valence-electron chi connectivity index (χ0n) is 10.5. The van der Waals surface area contributed by atoms with Crippen LogP contribution in [-0.4, -0.2) is 42.8 Å². The Balaban J connectivity index is 1.86. The maximum Gasteiger partial charge on any atom is 0.223 e. The average molecular weight is 323 g/mol. The summed E-state index contributed by atoms with van der Waals surface area (Å²) >= 11 is 3.45. The number of hydrogen-bond acceptors (Lipinski definition) is 3. The molecule has 1 unspecified atom stereocenters. The van der Waals surface area contributed by atoms with Gasteiger partial charge in [0.1, 0.15) is 0 Å². The van der Waals surface area contributed by atoms with Gasteiger partial charge < -0.3 is 9.80 Å². The zero-order valence-corrected chi connectivity index (χ0v) is 12.1. The van der Waals surface area contributed by atoms with Crippen LogP contribution in [0.4, 0.5) is 5.69 Å². The van der Waals surface area contributed by atoms with Crippen molar-refractivity contribution in [3.63, 3.8) is 0 Å². The fourth-order valence-corrected chi connectivity index (χ4v) is 3.32. The second-order valence-corrected chi connectivity index (χ2v) is 5.96. The minimum atomic E-state index is 0.273. The molecule has 1 amide bonds. The van der Waals surface area contributed by atoms with Gasteiger partial charge in [0.2, 0.25) is 5.91 Å². The highest BCUT2D eigenvalue weighted by atomic mass is 79.9. The van der Waals surface area contributed by atoms with Crippen molar-refractivity contribution in [2.45, 2.75) is 18.9 Å². The molecule has 1 aromatic carbocycles. The number of carbonyl (C=O) groups excluding carboxylic acids is 2. The van der Waals surface area contributed by atoms with E-state index >= 15 is 0 Å². The molecule has 1 atom stereocenters. The van der Waals surface area contributed by atoms with Crippen molar-refractivity contribution < 1.29 is 9.59 Å². The number of nitrogens with zero attached hydrogens (tertiary/aromatic N) is 2. The van der Waals surface area contributed by atoms with Crippen molar-refractivity contribution in [1.29, 1.82) is 0 Å². The first-order chi connectivity index (χ1) is 9.19. The van der Waals surface area contributed by atoms with Crippen molar-refractivity contribution in [3.05, 3.63) is 28.2 Å². The van der Waals surface area contributed by atoms with E-state index < -0.39 is 0 Å². The summed E-state index contributed by atoms with van der Waals surface area (Å²) in [6.07, 6.45) is 2.49. The summed E-state index contributed by atoms with van der Waals surface area (Å²) in [4.78, 5) is 27.0. The van der Waals surface area contributed by atoms with Gasteiger partial charge in [-0.2, -0.15) is 0 Å². The van der Waals surface area contributed by atoms with Gasteiger partial charge >= 0.3 is 0 Å². The molecule has 1 aromatic rings. The van der Waals surface area contributed by atoms with Crippen molar-refractivity contribution in [1.82, 2.24) is 4.90 Å². The topological polar surface area (TPSA) is 40.6 Å². The molecule has 0 aromatic heterocycles. The molecule has 100 valence electrons. The Morgan fingerprint density at radius 2 is 2.16 bits per heavy atom. The normalized spacial score (nSPS) is 22.6. The van der Waals surface area contributed by atoms with E-state index in [1.807, 2.05) is 23.1 Å². The molecule has 0 aliphatic carbocycles. The van der Waals surface area contributed by atoms with E-state index in [0.717, 1.165) is 42.5 Å². The van der Waals surface area contributed by atoms with Crippen molar-refractivity contribution in [2.75, 3.05) is 24.5 Å². The van der Waals surface area contributed by atoms with E-state index in [1.165, 1.54) is 0 Å². The molecule has 2 aliphatic rings. The molecule has 0 saturated carbocycles. The van der Waals surface area contributed by atoms with Gasteiger partial charge in [-0.25, -0.2) is 0 Å². The summed E-state index contributed by atoms with van der Waals surface area (Å²) in [6.45, 7) is 2.37. The van der Waals surface area contributed by atoms with E-state index in [0.29, 0.717) is 18.0 Å². The Hall–Kier alpha value is -1.36. The zero-order chi connectivity index (χ0) is 13.4. The number of hydrogen-bond donors (Lipinski definition) is 0. The van der Waals surface area contributed by atoms with Crippen LogP contribution in [0.3, 0.4) is 0 Å². The Bertz CT molecular complexity index is 532. The molecular formula is C14H15BrN2O2. The third kappa shape index (κ3) is 2.27. The maximum absolute atomic E-state index is 11.7. The van der Waals surface area contributed by atoms with Crippen LogP contribution in [-0.2, 0) is 4.79 Å². The lowest BCUT2D eigenvalue weighted by Crippen LogP contribution is -2.51. The molecule has 2 heterocycles. The smallest absolute Gasteiger partial charge is 0.223 e. The van der Waals surface area contributed by atoms with Crippen LogP contribution in [0.5, 0.6) is 0 Å². The summed E-state index contributed by atoms with van der Waals surface area (Å²) in [5.74, 6) is 0.273. The van der Waals surface area contributed by atoms with E-state index in [4.69, 9.17) is 0 Å². The van der Waals surface area contributed by atoms with Gasteiger partial charge in [-0.1, -0.05) is 15.9 Å². The largest absolute Gasteiger partial charge is 0.367 e. The Morgan fingerprint density at radius 1 is 1.32 bits per heavy atom. The fourth-order valence-electron chi connectivity index (χ4n) is 2.97. The lowest BCUT2D eigenvalue weighted by Gasteiger charge is -2.39. The molecular weight excluding hydrogens is 308 g/mol. The maximum atomic E-state index is 11.7. The third-order valence-corrected chi connectivity index (χ3v) is 4.45. The van der Waals surface area contributed by atoms with Crippen LogP contribution in [0.15, 0.2) is 22.7 Å². The number of rotatable bonds is 2. The summed E-state index contributed by atoms with van der Waals surface area (Å²) in [5, 5.41) is 0. The predicted molar refractivity (Wildman–Crippen MR) is 76.5 cm³/mol. The van der Waals surface area contributed by atoms with E-state index in [1.54, 1.807) is 0 Å². The molecule has 5 heteroatoms. The average Bonchev–Trinajstić information content (AvgIpc) is 2.80. The minimum Gasteiger partial charge on any atom is -0.367 e. The van der Waals surface area contributed by atoms with Gasteiger partial charge in [-0.3, -0.25) is 9.59 Å². The highest BCUT2D eigenvalue weighted by Gasteiger charge is 2.35. The monoisotopic (exact) mass is 322 g/mol. The fraction of sp³-hybridized carbons (Fsp3) is 0.429. The highest BCUT2D eigenvalue weighted by molar-refractivity contribution is 9.10. The molecule has 0 radical (unpaired) electrons. The van der Waals surface area contributed by atoms with E-state index in [9.17, 15) is 9.59 Å². The predicted octanol–water partition coefficient (Wildman–Crippen LogP) is 2.07. The third-order valence-electron chi connectivity index (χ3n) is 3.95. The van der Waals surface area contributed by atoms with Gasteiger partial charge in [-0.15, -0.1) is 0 Å². The summed E-state index contributed by atoms with van der Waals surface area (Å²) in [7, 11) is 0. The first kappa shape index (κ1) is 12.7. The van der Waals surface area contributed by atoms with Crippen molar-refractivity contribution in [2.24, 2.45) is 0 Å². The number of aldehydes is 1. The minimum absolute atomic E-state index is 0.273. The summed E-state index contributed by atoms with van der Waals surface area (Å²) in [6, 6.07) is 6.00. The Labute approximate surface area is 120 Å². The number of fused-ring (bicyclic) bond motifs is 1. The first-order valence-electron chi connectivity index (χ1n) is 6.48. The number of carbonyl (C=O) groups is 2. The van der Waals surface area contributed by atoms with Crippen LogP contribution in [0, 0.1) is 0 Å². The Morgan fingerprint density at radius 3 is 2.95 bits per heavy atom. The second-order valence-electron chi connectivity index (χ2n) is 5.05. The van der Waals surface area contributed by atoms with Crippen LogP contribution < -0.4 is 4.90 Å². The summed E-state index contributed by atoms with van der Waals surface area (Å²) < 4.78 is 0.970. The molecule has 4 nitrogen and oxygen atoms in total. The lowest BCUT2D eigenvalue weighted by molar-refractivity contribution is -0.129. The molecule has 19 heavy (non-hydrogen) atoms. The van der Waals surface area contributed by atoms with Crippen LogP contribution in [0.2, 0.25) is 0 Å². The van der Waals surface area contributed by atoms with Crippen molar-refractivity contribution in [3.8, 4) is 0 Å². The summed E-state index contributed by atoms with van der Waals surface area (Å²) in [5.41, 5.74) is 1.67. The molecule has 2 aliphatic heterocycles. The lowest BCUT2D eigenvalue weighted by atomic mass is 10.1.